The quantitative estimate of drug-likeness (QED) is 0.658. The maximum atomic E-state index is 4.58. The molecule has 0 fully saturated rings. The number of hydrogen-bond acceptors (Lipinski definition) is 4. The first-order valence-electron chi connectivity index (χ1n) is 8.84. The minimum Gasteiger partial charge on any atom is -0.261 e. The third-order valence-electron chi connectivity index (χ3n) is 4.63. The van der Waals surface area contributed by atoms with Crippen LogP contribution in [0.1, 0.15) is 93.1 Å². The lowest BCUT2D eigenvalue weighted by Crippen LogP contribution is -2.03. The first-order valence-corrected chi connectivity index (χ1v) is 9.35. The Labute approximate surface area is 151 Å². The Kier molecular flexibility index (Phi) is 6.79. The highest BCUT2D eigenvalue weighted by Crippen LogP contribution is 2.27. The third-order valence-corrected chi connectivity index (χ3v) is 4.89. The van der Waals surface area contributed by atoms with E-state index in [0.29, 0.717) is 17.8 Å². The van der Waals surface area contributed by atoms with Crippen molar-refractivity contribution in [1.29, 1.82) is 0 Å². The van der Waals surface area contributed by atoms with Crippen LogP contribution in [0.15, 0.2) is 30.7 Å². The van der Waals surface area contributed by atoms with Crippen molar-refractivity contribution in [3.63, 3.8) is 0 Å². The fourth-order valence-corrected chi connectivity index (χ4v) is 2.82. The summed E-state index contributed by atoms with van der Waals surface area (Å²) in [5.74, 6) is 1.40. The van der Waals surface area contributed by atoms with E-state index in [0.717, 1.165) is 29.9 Å². The highest BCUT2D eigenvalue weighted by molar-refractivity contribution is 7.80. The van der Waals surface area contributed by atoms with Gasteiger partial charge < -0.3 is 0 Å². The van der Waals surface area contributed by atoms with Gasteiger partial charge in [0.15, 0.2) is 0 Å². The van der Waals surface area contributed by atoms with Gasteiger partial charge in [0.1, 0.15) is 0 Å². The maximum Gasteiger partial charge on any atom is 0.0711 e. The summed E-state index contributed by atoms with van der Waals surface area (Å²) >= 11 is 4.39. The maximum absolute atomic E-state index is 4.58. The minimum atomic E-state index is 0.128. The zero-order valence-electron chi connectivity index (χ0n) is 15.4. The zero-order chi connectivity index (χ0) is 17.7. The highest BCUT2D eigenvalue weighted by atomic mass is 32.1. The molecule has 0 saturated carbocycles. The largest absolute Gasteiger partial charge is 0.261 e. The second kappa shape index (κ2) is 8.61. The average Bonchev–Trinajstić information content (AvgIpc) is 2.59. The topological polar surface area (TPSA) is 38.7 Å². The van der Waals surface area contributed by atoms with Crippen molar-refractivity contribution in [2.45, 2.75) is 70.5 Å². The van der Waals surface area contributed by atoms with Gasteiger partial charge in [-0.3, -0.25) is 15.0 Å². The molecule has 2 aromatic rings. The smallest absolute Gasteiger partial charge is 0.0711 e. The second-order valence-electron chi connectivity index (χ2n) is 7.09. The van der Waals surface area contributed by atoms with E-state index in [4.69, 9.17) is 0 Å². The molecule has 3 nitrogen and oxygen atoms in total. The number of thiol groups is 1. The van der Waals surface area contributed by atoms with Crippen LogP contribution in [0.5, 0.6) is 0 Å². The van der Waals surface area contributed by atoms with Gasteiger partial charge in [0.25, 0.3) is 0 Å². The predicted octanol–water partition coefficient (Wildman–Crippen LogP) is 5.67. The molecule has 4 heteroatoms. The average molecular weight is 344 g/mol. The van der Waals surface area contributed by atoms with Crippen molar-refractivity contribution in [3.05, 3.63) is 53.4 Å². The molecule has 0 radical (unpaired) electrons. The van der Waals surface area contributed by atoms with Crippen molar-refractivity contribution >= 4 is 12.6 Å². The van der Waals surface area contributed by atoms with Gasteiger partial charge >= 0.3 is 0 Å². The van der Waals surface area contributed by atoms with E-state index in [2.05, 4.69) is 67.4 Å². The lowest BCUT2D eigenvalue weighted by molar-refractivity contribution is 0.562. The summed E-state index contributed by atoms with van der Waals surface area (Å²) in [6.45, 7) is 10.9. The number of pyridine rings is 1. The molecule has 0 aromatic carbocycles. The Morgan fingerprint density at radius 2 is 1.33 bits per heavy atom. The van der Waals surface area contributed by atoms with Crippen molar-refractivity contribution in [2.75, 3.05) is 0 Å². The van der Waals surface area contributed by atoms with Crippen LogP contribution in [0.3, 0.4) is 0 Å². The van der Waals surface area contributed by atoms with Crippen LogP contribution in [-0.2, 0) is 0 Å². The number of rotatable bonds is 7. The molecule has 0 bridgehead atoms. The van der Waals surface area contributed by atoms with Crippen molar-refractivity contribution in [3.8, 4) is 0 Å². The van der Waals surface area contributed by atoms with Gasteiger partial charge in [-0.25, -0.2) is 0 Å². The molecular formula is C20H29N3S. The van der Waals surface area contributed by atoms with Crippen LogP contribution in [0.25, 0.3) is 0 Å². The summed E-state index contributed by atoms with van der Waals surface area (Å²) in [6, 6.07) is 4.38. The second-order valence-corrected chi connectivity index (χ2v) is 7.87. The molecular weight excluding hydrogens is 314 g/mol. The molecule has 3 unspecified atom stereocenters. The van der Waals surface area contributed by atoms with E-state index in [9.17, 15) is 0 Å². The molecule has 3 atom stereocenters. The molecule has 0 aliphatic heterocycles. The molecule has 0 aliphatic carbocycles. The van der Waals surface area contributed by atoms with Gasteiger partial charge in [0.2, 0.25) is 0 Å². The van der Waals surface area contributed by atoms with Crippen molar-refractivity contribution in [2.24, 2.45) is 0 Å². The monoisotopic (exact) mass is 343 g/mol. The first-order chi connectivity index (χ1) is 11.4. The van der Waals surface area contributed by atoms with Crippen LogP contribution in [-0.4, -0.2) is 15.0 Å². The van der Waals surface area contributed by atoms with Gasteiger partial charge in [-0.15, -0.1) is 0 Å². The van der Waals surface area contributed by atoms with Gasteiger partial charge in [-0.1, -0.05) is 33.8 Å². The van der Waals surface area contributed by atoms with E-state index in [-0.39, 0.29) is 5.25 Å². The summed E-state index contributed by atoms with van der Waals surface area (Å²) in [4.78, 5) is 13.6. The summed E-state index contributed by atoms with van der Waals surface area (Å²) in [7, 11) is 0. The first kappa shape index (κ1) is 18.9. The van der Waals surface area contributed by atoms with E-state index in [1.807, 2.05) is 25.5 Å². The standard InChI is InChI=1S/C20H29N3S/c1-13(2)18-9-8-17(10-21-18)14(3)6-7-15(4)19-11-23-20(12-22-19)16(5)24/h8-16,24H,6-7H2,1-5H3. The molecule has 130 valence electrons. The molecule has 0 saturated heterocycles. The molecule has 0 aliphatic rings. The van der Waals surface area contributed by atoms with Crippen molar-refractivity contribution in [1.82, 2.24) is 15.0 Å². The van der Waals surface area contributed by atoms with E-state index >= 15 is 0 Å². The molecule has 0 N–H and O–H groups in total. The van der Waals surface area contributed by atoms with E-state index < -0.39 is 0 Å². The number of nitrogens with zero attached hydrogens (tertiary/aromatic N) is 3. The van der Waals surface area contributed by atoms with E-state index in [1.54, 1.807) is 0 Å². The molecule has 24 heavy (non-hydrogen) atoms. The Hall–Kier alpha value is -1.42. The molecule has 0 spiro atoms. The van der Waals surface area contributed by atoms with E-state index in [1.165, 1.54) is 5.56 Å². The normalized spacial score (nSPS) is 15.3. The lowest BCUT2D eigenvalue weighted by atomic mass is 9.91. The minimum absolute atomic E-state index is 0.128. The van der Waals surface area contributed by atoms with Crippen LogP contribution in [0.4, 0.5) is 0 Å². The Morgan fingerprint density at radius 3 is 1.83 bits per heavy atom. The highest BCUT2D eigenvalue weighted by Gasteiger charge is 2.13. The summed E-state index contributed by atoms with van der Waals surface area (Å²) in [5, 5.41) is 0.128. The zero-order valence-corrected chi connectivity index (χ0v) is 16.3. The molecule has 2 rings (SSSR count). The Balaban J connectivity index is 1.91. The van der Waals surface area contributed by atoms with Crippen LogP contribution in [0, 0.1) is 0 Å². The number of aromatic nitrogens is 3. The molecule has 2 aromatic heterocycles. The summed E-state index contributed by atoms with van der Waals surface area (Å²) in [5.41, 5.74) is 4.47. The predicted molar refractivity (Wildman–Crippen MR) is 104 cm³/mol. The Morgan fingerprint density at radius 1 is 0.750 bits per heavy atom. The molecule has 0 amide bonds. The summed E-state index contributed by atoms with van der Waals surface area (Å²) < 4.78 is 0. The van der Waals surface area contributed by atoms with Crippen LogP contribution in [0.2, 0.25) is 0 Å². The Bertz CT molecular complexity index is 563. The SMILES string of the molecule is CC(C)c1ccc(C(C)CCC(C)c2cnc(C(C)S)cn2)cn1. The van der Waals surface area contributed by atoms with Crippen LogP contribution >= 0.6 is 12.6 Å². The number of hydrogen-bond donors (Lipinski definition) is 1. The fourth-order valence-electron chi connectivity index (χ4n) is 2.68. The fraction of sp³-hybridized carbons (Fsp3) is 0.550. The van der Waals surface area contributed by atoms with Crippen LogP contribution < -0.4 is 0 Å². The third kappa shape index (κ3) is 5.04. The molecule has 2 heterocycles. The van der Waals surface area contributed by atoms with Crippen molar-refractivity contribution < 1.29 is 0 Å². The van der Waals surface area contributed by atoms with Gasteiger partial charge in [-0.05, 0) is 49.1 Å². The summed E-state index contributed by atoms with van der Waals surface area (Å²) in [6.07, 6.45) is 8.00. The van der Waals surface area contributed by atoms with Gasteiger partial charge in [-0.2, -0.15) is 12.6 Å². The van der Waals surface area contributed by atoms with Gasteiger partial charge in [0, 0.05) is 29.5 Å². The van der Waals surface area contributed by atoms with Gasteiger partial charge in [0.05, 0.1) is 11.4 Å². The lowest BCUT2D eigenvalue weighted by Gasteiger charge is -2.16.